The molecule has 1 N–H and O–H groups in total. The number of carbonyl (C=O) groups is 1. The summed E-state index contributed by atoms with van der Waals surface area (Å²) in [6, 6.07) is 9.83. The van der Waals surface area contributed by atoms with E-state index in [2.05, 4.69) is 15.6 Å². The maximum atomic E-state index is 11.9. The summed E-state index contributed by atoms with van der Waals surface area (Å²) in [6.07, 6.45) is 2.14. The van der Waals surface area contributed by atoms with E-state index in [4.69, 9.17) is 11.6 Å². The van der Waals surface area contributed by atoms with Crippen molar-refractivity contribution in [3.05, 3.63) is 52.3 Å². The quantitative estimate of drug-likeness (QED) is 0.585. The highest BCUT2D eigenvalue weighted by molar-refractivity contribution is 7.91. The second kappa shape index (κ2) is 8.22. The molecule has 7 nitrogen and oxygen atoms in total. The number of aromatic nitrogens is 2. The predicted octanol–water partition coefficient (Wildman–Crippen LogP) is 2.17. The van der Waals surface area contributed by atoms with E-state index in [1.165, 1.54) is 6.21 Å². The lowest BCUT2D eigenvalue weighted by atomic mass is 10.1. The van der Waals surface area contributed by atoms with Gasteiger partial charge in [-0.2, -0.15) is 10.2 Å². The maximum absolute atomic E-state index is 11.9. The van der Waals surface area contributed by atoms with E-state index in [1.54, 1.807) is 4.68 Å². The first-order chi connectivity index (χ1) is 12.8. The zero-order valence-electron chi connectivity index (χ0n) is 14.9. The Bertz CT molecular complexity index is 954. The van der Waals surface area contributed by atoms with Gasteiger partial charge < -0.3 is 0 Å². The molecule has 1 saturated heterocycles. The van der Waals surface area contributed by atoms with Crippen LogP contribution in [-0.4, -0.2) is 41.8 Å². The molecule has 0 unspecified atom stereocenters. The van der Waals surface area contributed by atoms with E-state index in [0.717, 1.165) is 5.56 Å². The molecule has 0 radical (unpaired) electrons. The molecular formula is C18H21ClN4O3S. The van der Waals surface area contributed by atoms with Crippen molar-refractivity contribution in [1.29, 1.82) is 0 Å². The van der Waals surface area contributed by atoms with Crippen LogP contribution in [0.15, 0.2) is 35.4 Å². The number of sulfone groups is 1. The third-order valence-corrected chi connectivity index (χ3v) is 6.70. The molecule has 1 amide bonds. The first-order valence-electron chi connectivity index (χ1n) is 8.63. The Morgan fingerprint density at radius 3 is 2.81 bits per heavy atom. The Balaban J connectivity index is 1.59. The number of halogens is 1. The van der Waals surface area contributed by atoms with E-state index in [-0.39, 0.29) is 29.8 Å². The van der Waals surface area contributed by atoms with Gasteiger partial charge in [0.05, 0.1) is 35.5 Å². The Labute approximate surface area is 163 Å². The Morgan fingerprint density at radius 1 is 1.41 bits per heavy atom. The van der Waals surface area contributed by atoms with Gasteiger partial charge in [-0.15, -0.1) is 0 Å². The van der Waals surface area contributed by atoms with Crippen molar-refractivity contribution in [3.63, 3.8) is 0 Å². The van der Waals surface area contributed by atoms with Crippen LogP contribution in [0.4, 0.5) is 0 Å². The smallest absolute Gasteiger partial charge is 0.240 e. The molecule has 27 heavy (non-hydrogen) atoms. The van der Waals surface area contributed by atoms with Gasteiger partial charge in [-0.05, 0) is 24.8 Å². The van der Waals surface area contributed by atoms with Gasteiger partial charge in [-0.1, -0.05) is 41.9 Å². The summed E-state index contributed by atoms with van der Waals surface area (Å²) < 4.78 is 24.6. The van der Waals surface area contributed by atoms with Crippen LogP contribution in [0.5, 0.6) is 0 Å². The summed E-state index contributed by atoms with van der Waals surface area (Å²) >= 11 is 6.39. The van der Waals surface area contributed by atoms with Crippen molar-refractivity contribution >= 4 is 33.6 Å². The summed E-state index contributed by atoms with van der Waals surface area (Å²) in [5.74, 6) is -0.215. The fraction of sp³-hybridized carbons (Fsp3) is 0.389. The number of carbonyl (C=O) groups excluding carboxylic acids is 1. The van der Waals surface area contributed by atoms with Crippen LogP contribution in [0.2, 0.25) is 5.15 Å². The first-order valence-corrected chi connectivity index (χ1v) is 10.8. The van der Waals surface area contributed by atoms with E-state index in [0.29, 0.717) is 29.4 Å². The minimum atomic E-state index is -2.99. The number of aryl methyl sites for hydroxylation is 1. The average Bonchev–Trinajstić information content (AvgIpc) is 3.08. The van der Waals surface area contributed by atoms with Gasteiger partial charge in [-0.3, -0.25) is 4.79 Å². The predicted molar refractivity (Wildman–Crippen MR) is 105 cm³/mol. The zero-order valence-corrected chi connectivity index (χ0v) is 16.5. The molecule has 0 spiro atoms. The van der Waals surface area contributed by atoms with Gasteiger partial charge >= 0.3 is 0 Å². The van der Waals surface area contributed by atoms with Crippen LogP contribution < -0.4 is 5.43 Å². The molecule has 9 heteroatoms. The van der Waals surface area contributed by atoms with E-state index >= 15 is 0 Å². The van der Waals surface area contributed by atoms with Crippen molar-refractivity contribution in [1.82, 2.24) is 15.2 Å². The van der Waals surface area contributed by atoms with Gasteiger partial charge in [0.15, 0.2) is 9.84 Å². The largest absolute Gasteiger partial charge is 0.273 e. The second-order valence-corrected chi connectivity index (χ2v) is 9.29. The summed E-state index contributed by atoms with van der Waals surface area (Å²) in [4.78, 5) is 11.9. The molecule has 0 saturated carbocycles. The number of hydrazone groups is 1. The molecule has 144 valence electrons. The molecule has 2 heterocycles. The van der Waals surface area contributed by atoms with Crippen LogP contribution in [-0.2, 0) is 21.2 Å². The SMILES string of the molecule is Cc1nn(Cc2ccccc2)c(Cl)c1/C=N\NC(=O)C[C@@H]1CCS(=O)(=O)C1. The number of rotatable bonds is 6. The van der Waals surface area contributed by atoms with Crippen LogP contribution in [0.3, 0.4) is 0 Å². The Kier molecular flexibility index (Phi) is 5.96. The van der Waals surface area contributed by atoms with Crippen LogP contribution in [0.25, 0.3) is 0 Å². The van der Waals surface area contributed by atoms with E-state index in [9.17, 15) is 13.2 Å². The van der Waals surface area contributed by atoms with Crippen molar-refractivity contribution in [3.8, 4) is 0 Å². The van der Waals surface area contributed by atoms with Gasteiger partial charge in [-0.25, -0.2) is 18.5 Å². The molecule has 2 aromatic rings. The second-order valence-electron chi connectivity index (χ2n) is 6.70. The molecule has 1 aliphatic rings. The molecular weight excluding hydrogens is 388 g/mol. The van der Waals surface area contributed by atoms with Gasteiger partial charge in [0.2, 0.25) is 5.91 Å². The topological polar surface area (TPSA) is 93.4 Å². The normalized spacial score (nSPS) is 18.8. The van der Waals surface area contributed by atoms with Crippen molar-refractivity contribution in [2.24, 2.45) is 11.0 Å². The number of benzene rings is 1. The molecule has 1 aromatic carbocycles. The lowest BCUT2D eigenvalue weighted by Gasteiger charge is -2.05. The molecule has 1 aliphatic heterocycles. The number of nitrogens with zero attached hydrogens (tertiary/aromatic N) is 3. The number of amides is 1. The number of nitrogens with one attached hydrogen (secondary N) is 1. The number of hydrogen-bond donors (Lipinski definition) is 1. The maximum Gasteiger partial charge on any atom is 0.240 e. The highest BCUT2D eigenvalue weighted by Crippen LogP contribution is 2.21. The van der Waals surface area contributed by atoms with Crippen LogP contribution in [0, 0.1) is 12.8 Å². The average molecular weight is 409 g/mol. The first kappa shape index (κ1) is 19.6. The van der Waals surface area contributed by atoms with Gasteiger partial charge in [0.1, 0.15) is 5.15 Å². The highest BCUT2D eigenvalue weighted by Gasteiger charge is 2.29. The summed E-state index contributed by atoms with van der Waals surface area (Å²) in [5, 5.41) is 8.81. The standard InChI is InChI=1S/C18H21ClN4O3S/c1-13-16(18(19)23(22-13)11-14-5-3-2-4-6-14)10-20-21-17(24)9-15-7-8-27(25,26)12-15/h2-6,10,15H,7-9,11-12H2,1H3,(H,21,24)/b20-10-/t15-/m0/s1. The molecule has 0 bridgehead atoms. The monoisotopic (exact) mass is 408 g/mol. The minimum Gasteiger partial charge on any atom is -0.273 e. The fourth-order valence-electron chi connectivity index (χ4n) is 3.08. The fourth-order valence-corrected chi connectivity index (χ4v) is 5.23. The van der Waals surface area contributed by atoms with Crippen molar-refractivity contribution in [2.75, 3.05) is 11.5 Å². The molecule has 1 aromatic heterocycles. The van der Waals surface area contributed by atoms with Crippen molar-refractivity contribution in [2.45, 2.75) is 26.3 Å². The number of hydrogen-bond acceptors (Lipinski definition) is 5. The lowest BCUT2D eigenvalue weighted by molar-refractivity contribution is -0.121. The van der Waals surface area contributed by atoms with E-state index in [1.807, 2.05) is 37.3 Å². The molecule has 3 rings (SSSR count). The summed E-state index contributed by atoms with van der Waals surface area (Å²) in [7, 11) is -2.99. The Morgan fingerprint density at radius 2 is 2.15 bits per heavy atom. The third-order valence-electron chi connectivity index (χ3n) is 4.47. The summed E-state index contributed by atoms with van der Waals surface area (Å²) in [6.45, 7) is 2.36. The Hall–Kier alpha value is -2.19. The molecule has 1 fully saturated rings. The third kappa shape index (κ3) is 5.17. The zero-order chi connectivity index (χ0) is 19.4. The molecule has 0 aliphatic carbocycles. The van der Waals surface area contributed by atoms with E-state index < -0.39 is 9.84 Å². The lowest BCUT2D eigenvalue weighted by Crippen LogP contribution is -2.21. The van der Waals surface area contributed by atoms with Crippen LogP contribution in [0.1, 0.15) is 29.7 Å². The van der Waals surface area contributed by atoms with Crippen LogP contribution >= 0.6 is 11.6 Å². The minimum absolute atomic E-state index is 0.0708. The van der Waals surface area contributed by atoms with Gasteiger partial charge in [0, 0.05) is 6.42 Å². The van der Waals surface area contributed by atoms with Gasteiger partial charge in [0.25, 0.3) is 0 Å². The summed E-state index contributed by atoms with van der Waals surface area (Å²) in [5.41, 5.74) is 4.85. The van der Waals surface area contributed by atoms with Crippen molar-refractivity contribution < 1.29 is 13.2 Å². The molecule has 1 atom stereocenters. The highest BCUT2D eigenvalue weighted by atomic mass is 35.5.